The van der Waals surface area contributed by atoms with Gasteiger partial charge >= 0.3 is 0 Å². The Balaban J connectivity index is 2.36. The summed E-state index contributed by atoms with van der Waals surface area (Å²) in [5.41, 5.74) is 0. The van der Waals surface area contributed by atoms with Crippen LogP contribution in [0.5, 0.6) is 0 Å². The van der Waals surface area contributed by atoms with Gasteiger partial charge in [0, 0.05) is 12.7 Å². The van der Waals surface area contributed by atoms with E-state index in [0.717, 1.165) is 13.1 Å². The predicted molar refractivity (Wildman–Crippen MR) is 34.9 cm³/mol. The summed E-state index contributed by atoms with van der Waals surface area (Å²) in [6.45, 7) is 4.00. The topological polar surface area (TPSA) is 15.6 Å². The van der Waals surface area contributed by atoms with Gasteiger partial charge in [0.1, 0.15) is 0 Å². The number of hydrogen-bond donors (Lipinski definition) is 0. The van der Waals surface area contributed by atoms with Gasteiger partial charge in [0.2, 0.25) is 0 Å². The molecule has 1 heterocycles. The lowest BCUT2D eigenvalue weighted by atomic mass is 10.6. The molecule has 0 aromatic carbocycles. The van der Waals surface area contributed by atoms with Gasteiger partial charge in [-0.2, -0.15) is 0 Å². The summed E-state index contributed by atoms with van der Waals surface area (Å²) in [6.07, 6.45) is 5.90. The molecule has 0 spiro atoms. The van der Waals surface area contributed by atoms with E-state index in [1.165, 1.54) is 0 Å². The number of rotatable bonds is 1. The van der Waals surface area contributed by atoms with Crippen molar-refractivity contribution in [2.24, 2.45) is 4.99 Å². The molecule has 0 radical (unpaired) electrons. The minimum Gasteiger partial charge on any atom is -0.338 e. The van der Waals surface area contributed by atoms with Gasteiger partial charge in [-0.25, -0.2) is 0 Å². The number of allylic oxidation sites excluding steroid dienone is 1. The lowest BCUT2D eigenvalue weighted by Gasteiger charge is -2.03. The van der Waals surface area contributed by atoms with Gasteiger partial charge in [-0.15, -0.1) is 0 Å². The van der Waals surface area contributed by atoms with Crippen LogP contribution in [0.1, 0.15) is 6.92 Å². The van der Waals surface area contributed by atoms with Gasteiger partial charge in [-0.1, -0.05) is 6.08 Å². The van der Waals surface area contributed by atoms with E-state index in [4.69, 9.17) is 0 Å². The molecule has 1 rings (SSSR count). The van der Waals surface area contributed by atoms with Crippen molar-refractivity contribution in [2.45, 2.75) is 6.92 Å². The fraction of sp³-hybridized carbons (Fsp3) is 0.500. The molecule has 0 saturated carbocycles. The second-order valence-corrected chi connectivity index (χ2v) is 1.74. The van der Waals surface area contributed by atoms with Crippen LogP contribution >= 0.6 is 0 Å². The van der Waals surface area contributed by atoms with E-state index in [-0.39, 0.29) is 0 Å². The van der Waals surface area contributed by atoms with Crippen molar-refractivity contribution in [1.29, 1.82) is 0 Å². The van der Waals surface area contributed by atoms with E-state index in [1.54, 1.807) is 0 Å². The van der Waals surface area contributed by atoms with Crippen molar-refractivity contribution >= 4 is 6.34 Å². The van der Waals surface area contributed by atoms with Crippen molar-refractivity contribution in [3.8, 4) is 0 Å². The summed E-state index contributed by atoms with van der Waals surface area (Å²) in [5, 5.41) is 0. The van der Waals surface area contributed by atoms with Gasteiger partial charge in [0.25, 0.3) is 0 Å². The van der Waals surface area contributed by atoms with Crippen molar-refractivity contribution < 1.29 is 0 Å². The first-order valence-electron chi connectivity index (χ1n) is 2.82. The number of nitrogens with zero attached hydrogens (tertiary/aromatic N) is 2. The van der Waals surface area contributed by atoms with Gasteiger partial charge in [-0.3, -0.25) is 4.99 Å². The highest BCUT2D eigenvalue weighted by Gasteiger charge is 1.97. The summed E-state index contributed by atoms with van der Waals surface area (Å²) >= 11 is 0. The maximum atomic E-state index is 4.03. The molecule has 0 aromatic heterocycles. The van der Waals surface area contributed by atoms with Crippen LogP contribution in [-0.4, -0.2) is 24.3 Å². The summed E-state index contributed by atoms with van der Waals surface area (Å²) in [7, 11) is 0. The molecule has 0 aliphatic carbocycles. The Bertz CT molecular complexity index is 116. The highest BCUT2D eigenvalue weighted by molar-refractivity contribution is 5.58. The molecule has 1 aliphatic heterocycles. The number of aliphatic imine (C=N–C) groups is 1. The Morgan fingerprint density at radius 1 is 1.75 bits per heavy atom. The van der Waals surface area contributed by atoms with Gasteiger partial charge in [-0.05, 0) is 6.92 Å². The first kappa shape index (κ1) is 5.35. The van der Waals surface area contributed by atoms with Crippen molar-refractivity contribution in [1.82, 2.24) is 4.90 Å². The molecular formula is C6H10N2. The second kappa shape index (κ2) is 2.50. The first-order valence-corrected chi connectivity index (χ1v) is 2.82. The zero-order valence-corrected chi connectivity index (χ0v) is 5.04. The van der Waals surface area contributed by atoms with E-state index in [9.17, 15) is 0 Å². The minimum atomic E-state index is 0.949. The third-order valence-electron chi connectivity index (χ3n) is 1.06. The van der Waals surface area contributed by atoms with E-state index in [0.29, 0.717) is 0 Å². The fourth-order valence-corrected chi connectivity index (χ4v) is 0.698. The quantitative estimate of drug-likeness (QED) is 0.489. The first-order chi connectivity index (χ1) is 3.93. The third kappa shape index (κ3) is 1.09. The summed E-state index contributed by atoms with van der Waals surface area (Å²) in [4.78, 5) is 6.10. The normalized spacial score (nSPS) is 18.9. The van der Waals surface area contributed by atoms with Crippen molar-refractivity contribution in [2.75, 3.05) is 13.1 Å². The second-order valence-electron chi connectivity index (χ2n) is 1.74. The van der Waals surface area contributed by atoms with Crippen molar-refractivity contribution in [3.63, 3.8) is 0 Å². The summed E-state index contributed by atoms with van der Waals surface area (Å²) in [5.74, 6) is 0. The zero-order chi connectivity index (χ0) is 5.82. The van der Waals surface area contributed by atoms with Crippen LogP contribution in [-0.2, 0) is 0 Å². The van der Waals surface area contributed by atoms with Crippen LogP contribution in [0.2, 0.25) is 0 Å². The molecule has 0 unspecified atom stereocenters. The van der Waals surface area contributed by atoms with Gasteiger partial charge < -0.3 is 4.90 Å². The molecule has 0 N–H and O–H groups in total. The molecule has 0 atom stereocenters. The largest absolute Gasteiger partial charge is 0.338 e. The van der Waals surface area contributed by atoms with Crippen LogP contribution < -0.4 is 0 Å². The smallest absolute Gasteiger partial charge is 0.0890 e. The van der Waals surface area contributed by atoms with E-state index < -0.39 is 0 Å². The van der Waals surface area contributed by atoms with Gasteiger partial charge in [0.05, 0.1) is 12.9 Å². The molecule has 1 aliphatic rings. The maximum Gasteiger partial charge on any atom is 0.0890 e. The molecule has 0 fully saturated rings. The highest BCUT2D eigenvalue weighted by atomic mass is 15.2. The monoisotopic (exact) mass is 110 g/mol. The standard InChI is InChI=1S/C6H10N2/c1-2-4-8-5-3-7-6-8/h2,4,6H,3,5H2,1H3. The lowest BCUT2D eigenvalue weighted by molar-refractivity contribution is 0.623. The zero-order valence-electron chi connectivity index (χ0n) is 5.04. The van der Waals surface area contributed by atoms with E-state index in [1.807, 2.05) is 25.5 Å². The Morgan fingerprint density at radius 3 is 3.12 bits per heavy atom. The third-order valence-corrected chi connectivity index (χ3v) is 1.06. The molecule has 2 heteroatoms. The van der Waals surface area contributed by atoms with Crippen LogP contribution in [0.25, 0.3) is 0 Å². The van der Waals surface area contributed by atoms with Crippen LogP contribution in [0.15, 0.2) is 17.3 Å². The lowest BCUT2D eigenvalue weighted by Crippen LogP contribution is -2.10. The fourth-order valence-electron chi connectivity index (χ4n) is 0.698. The summed E-state index contributed by atoms with van der Waals surface area (Å²) in [6, 6.07) is 0. The van der Waals surface area contributed by atoms with Crippen LogP contribution in [0.4, 0.5) is 0 Å². The SMILES string of the molecule is CC=CN1C=NCC1. The van der Waals surface area contributed by atoms with Crippen LogP contribution in [0, 0.1) is 0 Å². The Kier molecular flexibility index (Phi) is 1.67. The molecule has 0 aromatic rings. The van der Waals surface area contributed by atoms with E-state index >= 15 is 0 Å². The van der Waals surface area contributed by atoms with Gasteiger partial charge in [0.15, 0.2) is 0 Å². The Hall–Kier alpha value is -0.790. The minimum absolute atomic E-state index is 0.949. The molecular weight excluding hydrogens is 100 g/mol. The van der Waals surface area contributed by atoms with E-state index in [2.05, 4.69) is 9.89 Å². The Labute approximate surface area is 49.5 Å². The van der Waals surface area contributed by atoms with Crippen LogP contribution in [0.3, 0.4) is 0 Å². The molecule has 0 saturated heterocycles. The maximum absolute atomic E-state index is 4.03. The Morgan fingerprint density at radius 2 is 2.62 bits per heavy atom. The molecule has 44 valence electrons. The summed E-state index contributed by atoms with van der Waals surface area (Å²) < 4.78 is 0. The molecule has 2 nitrogen and oxygen atoms in total. The molecule has 0 bridgehead atoms. The van der Waals surface area contributed by atoms with Crippen molar-refractivity contribution in [3.05, 3.63) is 12.3 Å². The molecule has 8 heavy (non-hydrogen) atoms. The average molecular weight is 110 g/mol. The average Bonchev–Trinajstić information content (AvgIpc) is 2.19. The molecule has 0 amide bonds. The predicted octanol–water partition coefficient (Wildman–Crippen LogP) is 0.864. The number of hydrogen-bond acceptors (Lipinski definition) is 2. The highest BCUT2D eigenvalue weighted by Crippen LogP contribution is 1.92.